The number of cyclic esters (lactones) is 1. The normalized spacial score (nSPS) is 44.5. The summed E-state index contributed by atoms with van der Waals surface area (Å²) in [5.41, 5.74) is 1.08. The zero-order valence-electron chi connectivity index (χ0n) is 8.25. The minimum absolute atomic E-state index is 0.00574. The summed E-state index contributed by atoms with van der Waals surface area (Å²) in [5, 5.41) is 0. The lowest BCUT2D eigenvalue weighted by molar-refractivity contribution is -0.140. The molecule has 4 unspecified atom stereocenters. The lowest BCUT2D eigenvalue weighted by Crippen LogP contribution is -2.33. The van der Waals surface area contributed by atoms with Gasteiger partial charge in [-0.1, -0.05) is 26.0 Å². The van der Waals surface area contributed by atoms with Gasteiger partial charge in [0.25, 0.3) is 0 Å². The Balaban J connectivity index is 2.26. The van der Waals surface area contributed by atoms with Crippen LogP contribution in [0.2, 0.25) is 0 Å². The number of ether oxygens (including phenoxy) is 1. The highest BCUT2D eigenvalue weighted by Gasteiger charge is 2.46. The first-order valence-corrected chi connectivity index (χ1v) is 4.95. The quantitative estimate of drug-likeness (QED) is 0.421. The lowest BCUT2D eigenvalue weighted by atomic mass is 9.67. The Morgan fingerprint density at radius 1 is 1.46 bits per heavy atom. The molecule has 1 aliphatic carbocycles. The summed E-state index contributed by atoms with van der Waals surface area (Å²) in [5.74, 6) is 1.58. The molecule has 0 spiro atoms. The minimum atomic E-state index is -0.0475. The van der Waals surface area contributed by atoms with Gasteiger partial charge < -0.3 is 4.74 Å². The molecule has 2 fully saturated rings. The SMILES string of the molecule is C=C1CC(C)C(C)C2COC(=O)C12. The Hall–Kier alpha value is -0.790. The van der Waals surface area contributed by atoms with Crippen LogP contribution in [-0.2, 0) is 9.53 Å². The number of rotatable bonds is 0. The van der Waals surface area contributed by atoms with E-state index >= 15 is 0 Å². The average molecular weight is 180 g/mol. The van der Waals surface area contributed by atoms with Crippen molar-refractivity contribution < 1.29 is 9.53 Å². The fourth-order valence-corrected chi connectivity index (χ4v) is 2.61. The monoisotopic (exact) mass is 180 g/mol. The van der Waals surface area contributed by atoms with Gasteiger partial charge in [-0.2, -0.15) is 0 Å². The molecule has 0 amide bonds. The van der Waals surface area contributed by atoms with E-state index in [1.54, 1.807) is 0 Å². The van der Waals surface area contributed by atoms with Gasteiger partial charge in [0.1, 0.15) is 0 Å². The third-order valence-electron chi connectivity index (χ3n) is 3.70. The van der Waals surface area contributed by atoms with Gasteiger partial charge >= 0.3 is 5.97 Å². The molecule has 0 radical (unpaired) electrons. The molecular weight excluding hydrogens is 164 g/mol. The van der Waals surface area contributed by atoms with E-state index in [9.17, 15) is 4.79 Å². The molecule has 72 valence electrons. The molecule has 0 aromatic carbocycles. The standard InChI is InChI=1S/C11H16O2/c1-6-4-7(2)10-9(8(6)3)5-13-11(10)12/h6,8-10H,2,4-5H2,1,3H3. The van der Waals surface area contributed by atoms with Crippen LogP contribution < -0.4 is 0 Å². The van der Waals surface area contributed by atoms with Gasteiger partial charge in [-0.3, -0.25) is 4.79 Å². The molecule has 0 N–H and O–H groups in total. The van der Waals surface area contributed by atoms with Gasteiger partial charge in [0, 0.05) is 5.92 Å². The van der Waals surface area contributed by atoms with Crippen LogP contribution in [0.4, 0.5) is 0 Å². The first-order chi connectivity index (χ1) is 6.11. The third-order valence-corrected chi connectivity index (χ3v) is 3.70. The summed E-state index contributed by atoms with van der Waals surface area (Å²) in [6.45, 7) is 9.05. The number of hydrogen-bond acceptors (Lipinski definition) is 2. The Morgan fingerprint density at radius 2 is 2.15 bits per heavy atom. The van der Waals surface area contributed by atoms with Crippen LogP contribution >= 0.6 is 0 Å². The smallest absolute Gasteiger partial charge is 0.313 e. The summed E-state index contributed by atoms with van der Waals surface area (Å²) in [6.07, 6.45) is 0.984. The third kappa shape index (κ3) is 1.19. The summed E-state index contributed by atoms with van der Waals surface area (Å²) in [6, 6.07) is 0. The van der Waals surface area contributed by atoms with Crippen molar-refractivity contribution in [3.63, 3.8) is 0 Å². The highest BCUT2D eigenvalue weighted by Crippen LogP contribution is 2.44. The summed E-state index contributed by atoms with van der Waals surface area (Å²) in [4.78, 5) is 11.4. The predicted molar refractivity (Wildman–Crippen MR) is 50.0 cm³/mol. The maximum absolute atomic E-state index is 11.4. The zero-order valence-corrected chi connectivity index (χ0v) is 8.25. The second-order valence-electron chi connectivity index (χ2n) is 4.47. The maximum Gasteiger partial charge on any atom is 0.313 e. The summed E-state index contributed by atoms with van der Waals surface area (Å²) in [7, 11) is 0. The molecule has 0 aromatic rings. The van der Waals surface area contributed by atoms with Crippen LogP contribution in [-0.4, -0.2) is 12.6 Å². The Morgan fingerprint density at radius 3 is 2.85 bits per heavy atom. The molecule has 4 atom stereocenters. The van der Waals surface area contributed by atoms with Gasteiger partial charge in [0.15, 0.2) is 0 Å². The largest absolute Gasteiger partial charge is 0.465 e. The van der Waals surface area contributed by atoms with E-state index in [-0.39, 0.29) is 11.9 Å². The number of carbonyl (C=O) groups is 1. The Labute approximate surface area is 79.0 Å². The molecule has 2 nitrogen and oxygen atoms in total. The van der Waals surface area contributed by atoms with Crippen LogP contribution in [0.3, 0.4) is 0 Å². The van der Waals surface area contributed by atoms with E-state index in [1.807, 2.05) is 0 Å². The molecule has 1 aliphatic heterocycles. The molecule has 2 rings (SSSR count). The van der Waals surface area contributed by atoms with E-state index < -0.39 is 0 Å². The van der Waals surface area contributed by atoms with Crippen LogP contribution in [0.1, 0.15) is 20.3 Å². The molecule has 2 aliphatic rings. The molecular formula is C11H16O2. The van der Waals surface area contributed by atoms with E-state index in [1.165, 1.54) is 0 Å². The van der Waals surface area contributed by atoms with Crippen LogP contribution in [0.5, 0.6) is 0 Å². The molecule has 1 saturated carbocycles. The van der Waals surface area contributed by atoms with Gasteiger partial charge in [0.05, 0.1) is 12.5 Å². The van der Waals surface area contributed by atoms with E-state index in [0.29, 0.717) is 24.4 Å². The van der Waals surface area contributed by atoms with Crippen LogP contribution in [0.25, 0.3) is 0 Å². The summed E-state index contributed by atoms with van der Waals surface area (Å²) >= 11 is 0. The second-order valence-corrected chi connectivity index (χ2v) is 4.47. The minimum Gasteiger partial charge on any atom is -0.465 e. The highest BCUT2D eigenvalue weighted by atomic mass is 16.5. The first-order valence-electron chi connectivity index (χ1n) is 4.95. The van der Waals surface area contributed by atoms with Gasteiger partial charge in [0.2, 0.25) is 0 Å². The predicted octanol–water partition coefficient (Wildman–Crippen LogP) is 2.01. The van der Waals surface area contributed by atoms with Crippen molar-refractivity contribution in [1.82, 2.24) is 0 Å². The number of carbonyl (C=O) groups excluding carboxylic acids is 1. The zero-order chi connectivity index (χ0) is 9.59. The van der Waals surface area contributed by atoms with Gasteiger partial charge in [-0.15, -0.1) is 0 Å². The first kappa shape index (κ1) is 8.79. The van der Waals surface area contributed by atoms with Gasteiger partial charge in [-0.05, 0) is 18.3 Å². The van der Waals surface area contributed by atoms with E-state index in [4.69, 9.17) is 4.74 Å². The maximum atomic E-state index is 11.4. The van der Waals surface area contributed by atoms with Crippen molar-refractivity contribution in [2.45, 2.75) is 20.3 Å². The van der Waals surface area contributed by atoms with E-state index in [2.05, 4.69) is 20.4 Å². The molecule has 0 aromatic heterocycles. The number of esters is 1. The average Bonchev–Trinajstić information content (AvgIpc) is 2.44. The molecule has 0 bridgehead atoms. The topological polar surface area (TPSA) is 26.3 Å². The van der Waals surface area contributed by atoms with Gasteiger partial charge in [-0.25, -0.2) is 0 Å². The molecule has 1 heterocycles. The molecule has 13 heavy (non-hydrogen) atoms. The fourth-order valence-electron chi connectivity index (χ4n) is 2.61. The van der Waals surface area contributed by atoms with Crippen LogP contribution in [0, 0.1) is 23.7 Å². The number of fused-ring (bicyclic) bond motifs is 1. The van der Waals surface area contributed by atoms with Crippen LogP contribution in [0.15, 0.2) is 12.2 Å². The van der Waals surface area contributed by atoms with Crippen molar-refractivity contribution in [3.8, 4) is 0 Å². The van der Waals surface area contributed by atoms with Crippen molar-refractivity contribution >= 4 is 5.97 Å². The highest BCUT2D eigenvalue weighted by molar-refractivity contribution is 5.78. The van der Waals surface area contributed by atoms with E-state index in [0.717, 1.165) is 12.0 Å². The van der Waals surface area contributed by atoms with Crippen molar-refractivity contribution in [2.75, 3.05) is 6.61 Å². The summed E-state index contributed by atoms with van der Waals surface area (Å²) < 4.78 is 5.09. The fraction of sp³-hybridized carbons (Fsp3) is 0.727. The second kappa shape index (κ2) is 2.86. The number of hydrogen-bond donors (Lipinski definition) is 0. The Kier molecular flexibility index (Phi) is 1.94. The van der Waals surface area contributed by atoms with Crippen molar-refractivity contribution in [2.24, 2.45) is 23.7 Å². The Bertz CT molecular complexity index is 257. The molecule has 1 saturated heterocycles. The molecule has 2 heteroatoms. The van der Waals surface area contributed by atoms with Crippen molar-refractivity contribution in [1.29, 1.82) is 0 Å². The lowest BCUT2D eigenvalue weighted by Gasteiger charge is -2.35. The van der Waals surface area contributed by atoms with Crippen molar-refractivity contribution in [3.05, 3.63) is 12.2 Å².